The summed E-state index contributed by atoms with van der Waals surface area (Å²) >= 11 is 0. The lowest BCUT2D eigenvalue weighted by atomic mass is 9.98. The fourth-order valence-electron chi connectivity index (χ4n) is 4.87. The zero-order chi connectivity index (χ0) is 21.8. The topological polar surface area (TPSA) is 58.0 Å². The fraction of sp³-hybridized carbons (Fsp3) is 0.0714. The molecule has 0 spiro atoms. The Morgan fingerprint density at radius 3 is 2.41 bits per heavy atom. The third kappa shape index (κ3) is 2.63. The fourth-order valence-corrected chi connectivity index (χ4v) is 4.87. The first-order chi connectivity index (χ1) is 15.7. The number of aromatic carboxylic acids is 1. The highest BCUT2D eigenvalue weighted by molar-refractivity contribution is 6.16. The van der Waals surface area contributed by atoms with E-state index in [1.807, 2.05) is 48.5 Å². The number of fused-ring (bicyclic) bond motifs is 6. The molecule has 0 aliphatic heterocycles. The van der Waals surface area contributed by atoms with Crippen molar-refractivity contribution < 1.29 is 9.90 Å². The highest BCUT2D eigenvalue weighted by Gasteiger charge is 2.14. The molecule has 4 heteroatoms. The molecule has 0 aliphatic rings. The smallest absolute Gasteiger partial charge is 0.0723 e. The second-order valence-electron chi connectivity index (χ2n) is 8.02. The number of carbonyl (C=O) groups excluding carboxylic acids is 1. The molecule has 0 N–H and O–H groups in total. The van der Waals surface area contributed by atoms with Crippen LogP contribution in [-0.4, -0.2) is 15.5 Å². The van der Waals surface area contributed by atoms with Gasteiger partial charge >= 0.3 is 0 Å². The molecule has 6 rings (SSSR count). The third-order valence-electron chi connectivity index (χ3n) is 6.30. The lowest BCUT2D eigenvalue weighted by Gasteiger charge is -2.13. The third-order valence-corrected chi connectivity index (χ3v) is 6.30. The van der Waals surface area contributed by atoms with Crippen molar-refractivity contribution in [2.24, 2.45) is 0 Å². The predicted octanol–water partition coefficient (Wildman–Crippen LogP) is 5.55. The molecule has 0 radical (unpaired) electrons. The van der Waals surface area contributed by atoms with Gasteiger partial charge in [0.25, 0.3) is 0 Å². The van der Waals surface area contributed by atoms with Gasteiger partial charge in [0.1, 0.15) is 0 Å². The number of para-hydroxylation sites is 1. The zero-order valence-corrected chi connectivity index (χ0v) is 17.5. The summed E-state index contributed by atoms with van der Waals surface area (Å²) in [6.07, 6.45) is 0. The first-order valence-corrected chi connectivity index (χ1v) is 10.7. The number of benzene rings is 4. The van der Waals surface area contributed by atoms with Gasteiger partial charge < -0.3 is 14.5 Å². The summed E-state index contributed by atoms with van der Waals surface area (Å²) < 4.78 is 2.29. The molecule has 154 valence electrons. The van der Waals surface area contributed by atoms with Crippen LogP contribution in [0.3, 0.4) is 0 Å². The summed E-state index contributed by atoms with van der Waals surface area (Å²) in [4.78, 5) is 17.0. The Balaban J connectivity index is 1.65. The lowest BCUT2D eigenvalue weighted by Crippen LogP contribution is -2.22. The SMILES string of the molecule is CCn1c2ccccc2c2cc(-c3cc(C(=O)[O-])c4c(ccc5ccccc54)n3)ccc21. The van der Waals surface area contributed by atoms with Crippen molar-refractivity contribution in [1.29, 1.82) is 0 Å². The standard InChI is InChI=1S/C28H20N2O2/c1-2-30-25-10-6-5-9-20(25)21-15-18(12-14-26(21)30)24-16-22(28(31)32)27-19-8-4-3-7-17(19)11-13-23(27)29-24/h3-16H,2H2,1H3,(H,31,32)/p-1. The number of carboxylic acid groups (broad SMARTS) is 1. The number of hydrogen-bond acceptors (Lipinski definition) is 3. The summed E-state index contributed by atoms with van der Waals surface area (Å²) in [5.41, 5.74) is 4.67. The van der Waals surface area contributed by atoms with Gasteiger partial charge in [-0.3, -0.25) is 0 Å². The van der Waals surface area contributed by atoms with Gasteiger partial charge in [0.05, 0.1) is 17.2 Å². The Morgan fingerprint density at radius 2 is 1.59 bits per heavy atom. The van der Waals surface area contributed by atoms with Crippen LogP contribution in [0.4, 0.5) is 0 Å². The highest BCUT2D eigenvalue weighted by atomic mass is 16.4. The van der Waals surface area contributed by atoms with Crippen molar-refractivity contribution >= 4 is 49.5 Å². The number of carbonyl (C=O) groups is 1. The maximum atomic E-state index is 12.1. The molecule has 0 saturated carbocycles. The van der Waals surface area contributed by atoms with Crippen LogP contribution >= 0.6 is 0 Å². The van der Waals surface area contributed by atoms with E-state index in [9.17, 15) is 9.90 Å². The largest absolute Gasteiger partial charge is 0.545 e. The van der Waals surface area contributed by atoms with Crippen LogP contribution in [0.15, 0.2) is 84.9 Å². The molecule has 2 aromatic heterocycles. The second-order valence-corrected chi connectivity index (χ2v) is 8.02. The van der Waals surface area contributed by atoms with Crippen LogP contribution in [-0.2, 0) is 6.54 Å². The van der Waals surface area contributed by atoms with Crippen molar-refractivity contribution in [3.05, 3.63) is 90.5 Å². The number of rotatable bonds is 3. The van der Waals surface area contributed by atoms with E-state index >= 15 is 0 Å². The predicted molar refractivity (Wildman–Crippen MR) is 128 cm³/mol. The molecule has 0 bridgehead atoms. The van der Waals surface area contributed by atoms with Gasteiger partial charge in [0.15, 0.2) is 0 Å². The average molecular weight is 415 g/mol. The number of pyridine rings is 1. The minimum absolute atomic E-state index is 0.165. The van der Waals surface area contributed by atoms with Crippen LogP contribution in [0.2, 0.25) is 0 Å². The number of aryl methyl sites for hydroxylation is 1. The van der Waals surface area contributed by atoms with Gasteiger partial charge in [-0.2, -0.15) is 0 Å². The summed E-state index contributed by atoms with van der Waals surface area (Å²) in [5.74, 6) is -1.20. The van der Waals surface area contributed by atoms with Gasteiger partial charge in [-0.05, 0) is 48.0 Å². The van der Waals surface area contributed by atoms with E-state index in [1.165, 1.54) is 10.9 Å². The first kappa shape index (κ1) is 18.6. The van der Waals surface area contributed by atoms with E-state index in [-0.39, 0.29) is 5.56 Å². The number of aromatic nitrogens is 2. The van der Waals surface area contributed by atoms with E-state index in [2.05, 4.69) is 41.8 Å². The van der Waals surface area contributed by atoms with Crippen LogP contribution in [0, 0.1) is 0 Å². The van der Waals surface area contributed by atoms with Gasteiger partial charge in [0, 0.05) is 44.9 Å². The molecule has 0 saturated heterocycles. The molecule has 0 atom stereocenters. The number of carboxylic acids is 1. The Bertz CT molecular complexity index is 1700. The molecule has 6 aromatic rings. The Morgan fingerprint density at radius 1 is 0.844 bits per heavy atom. The van der Waals surface area contributed by atoms with Gasteiger partial charge in [-0.25, -0.2) is 4.98 Å². The number of hydrogen-bond donors (Lipinski definition) is 0. The van der Waals surface area contributed by atoms with Crippen molar-refractivity contribution in [3.63, 3.8) is 0 Å². The maximum absolute atomic E-state index is 12.1. The van der Waals surface area contributed by atoms with E-state index in [0.717, 1.165) is 33.8 Å². The summed E-state index contributed by atoms with van der Waals surface area (Å²) in [7, 11) is 0. The molecule has 0 aliphatic carbocycles. The first-order valence-electron chi connectivity index (χ1n) is 10.7. The van der Waals surface area contributed by atoms with Crippen LogP contribution in [0.25, 0.3) is 54.7 Å². The number of nitrogens with zero attached hydrogens (tertiary/aromatic N) is 2. The molecule has 0 amide bonds. The van der Waals surface area contributed by atoms with Crippen molar-refractivity contribution in [2.75, 3.05) is 0 Å². The molecule has 0 fully saturated rings. The monoisotopic (exact) mass is 415 g/mol. The highest BCUT2D eigenvalue weighted by Crippen LogP contribution is 2.34. The Hall–Kier alpha value is -4.18. The normalized spacial score (nSPS) is 11.7. The molecular formula is C28H19N2O2-. The van der Waals surface area contributed by atoms with E-state index in [0.29, 0.717) is 16.6 Å². The maximum Gasteiger partial charge on any atom is 0.0723 e. The van der Waals surface area contributed by atoms with E-state index < -0.39 is 5.97 Å². The van der Waals surface area contributed by atoms with Crippen LogP contribution in [0.5, 0.6) is 0 Å². The quantitative estimate of drug-likeness (QED) is 0.356. The molecule has 0 unspecified atom stereocenters. The van der Waals surface area contributed by atoms with Crippen molar-refractivity contribution in [2.45, 2.75) is 13.5 Å². The van der Waals surface area contributed by atoms with Gasteiger partial charge in [-0.1, -0.05) is 54.6 Å². The van der Waals surface area contributed by atoms with Crippen molar-refractivity contribution in [3.8, 4) is 11.3 Å². The molecule has 4 nitrogen and oxygen atoms in total. The Labute approximate surface area is 184 Å². The Kier molecular flexibility index (Phi) is 4.02. The van der Waals surface area contributed by atoms with E-state index in [4.69, 9.17) is 4.98 Å². The molecule has 2 heterocycles. The molecule has 4 aromatic carbocycles. The van der Waals surface area contributed by atoms with Gasteiger partial charge in [-0.15, -0.1) is 0 Å². The lowest BCUT2D eigenvalue weighted by molar-refractivity contribution is -0.254. The minimum Gasteiger partial charge on any atom is -0.545 e. The van der Waals surface area contributed by atoms with Crippen LogP contribution in [0.1, 0.15) is 17.3 Å². The average Bonchev–Trinajstić information content (AvgIpc) is 3.16. The zero-order valence-electron chi connectivity index (χ0n) is 17.5. The van der Waals surface area contributed by atoms with E-state index in [1.54, 1.807) is 6.07 Å². The van der Waals surface area contributed by atoms with Gasteiger partial charge in [0.2, 0.25) is 0 Å². The minimum atomic E-state index is -1.20. The molecule has 32 heavy (non-hydrogen) atoms. The summed E-state index contributed by atoms with van der Waals surface area (Å²) in [5, 5.41) is 16.9. The molecular weight excluding hydrogens is 396 g/mol. The van der Waals surface area contributed by atoms with Crippen molar-refractivity contribution in [1.82, 2.24) is 9.55 Å². The van der Waals surface area contributed by atoms with Crippen LogP contribution < -0.4 is 5.11 Å². The summed E-state index contributed by atoms with van der Waals surface area (Å²) in [6, 6.07) is 27.8. The second kappa shape index (κ2) is 6.92. The summed E-state index contributed by atoms with van der Waals surface area (Å²) in [6.45, 7) is 3.01.